The fourth-order valence-corrected chi connectivity index (χ4v) is 1.65. The van der Waals surface area contributed by atoms with Gasteiger partial charge < -0.3 is 9.84 Å². The van der Waals surface area contributed by atoms with E-state index in [1.807, 2.05) is 30.3 Å². The van der Waals surface area contributed by atoms with Crippen molar-refractivity contribution >= 4 is 5.97 Å². The van der Waals surface area contributed by atoms with Crippen molar-refractivity contribution in [2.45, 2.75) is 59.0 Å². The van der Waals surface area contributed by atoms with Gasteiger partial charge in [0.25, 0.3) is 0 Å². The second-order valence-corrected chi connectivity index (χ2v) is 4.76. The molecule has 0 aliphatic carbocycles. The van der Waals surface area contributed by atoms with Gasteiger partial charge in [0.05, 0.1) is 0 Å². The van der Waals surface area contributed by atoms with Gasteiger partial charge in [0.2, 0.25) is 0 Å². The van der Waals surface area contributed by atoms with E-state index in [4.69, 9.17) is 9.84 Å². The number of esters is 1. The molecule has 0 bridgehead atoms. The molecule has 1 N–H and O–H groups in total. The van der Waals surface area contributed by atoms with Crippen molar-refractivity contribution < 1.29 is 14.6 Å². The molecule has 0 aliphatic rings. The highest BCUT2D eigenvalue weighted by molar-refractivity contribution is 5.65. The average molecular weight is 280 g/mol. The van der Waals surface area contributed by atoms with Gasteiger partial charge in [0.15, 0.2) is 0 Å². The Kier molecular flexibility index (Phi) is 13.1. The third-order valence-electron chi connectivity index (χ3n) is 2.80. The van der Waals surface area contributed by atoms with Crippen molar-refractivity contribution in [2.75, 3.05) is 6.61 Å². The summed E-state index contributed by atoms with van der Waals surface area (Å²) in [5, 5.41) is 8.42. The van der Waals surface area contributed by atoms with Crippen LogP contribution in [0.4, 0.5) is 0 Å². The number of aliphatic hydroxyl groups excluding tert-OH is 1. The first-order chi connectivity index (χ1) is 9.70. The minimum Gasteiger partial charge on any atom is -0.461 e. The summed E-state index contributed by atoms with van der Waals surface area (Å²) in [5.74, 6) is -0.242. The lowest BCUT2D eigenvalue weighted by Crippen LogP contribution is -1.97. The van der Waals surface area contributed by atoms with Crippen LogP contribution in [0.25, 0.3) is 0 Å². The highest BCUT2D eigenvalue weighted by Gasteiger charge is 1.93. The van der Waals surface area contributed by atoms with Gasteiger partial charge in [-0.15, -0.1) is 0 Å². The monoisotopic (exact) mass is 280 g/mol. The molecule has 0 saturated carbocycles. The zero-order valence-corrected chi connectivity index (χ0v) is 12.8. The maximum atomic E-state index is 10.4. The van der Waals surface area contributed by atoms with E-state index in [9.17, 15) is 4.79 Å². The van der Waals surface area contributed by atoms with Crippen LogP contribution in [0.5, 0.6) is 0 Å². The largest absolute Gasteiger partial charge is 0.461 e. The van der Waals surface area contributed by atoms with Gasteiger partial charge in [0.1, 0.15) is 6.61 Å². The van der Waals surface area contributed by atoms with Crippen LogP contribution in [0.2, 0.25) is 0 Å². The number of hydrogen-bond acceptors (Lipinski definition) is 3. The van der Waals surface area contributed by atoms with Gasteiger partial charge in [0, 0.05) is 13.5 Å². The Bertz CT molecular complexity index is 316. The van der Waals surface area contributed by atoms with Crippen LogP contribution in [0, 0.1) is 0 Å². The molecule has 0 spiro atoms. The van der Waals surface area contributed by atoms with Crippen LogP contribution in [0.1, 0.15) is 57.9 Å². The molecule has 0 amide bonds. The normalized spacial score (nSPS) is 9.55. The Labute approximate surface area is 123 Å². The minimum absolute atomic E-state index is 0.242. The molecule has 1 aromatic rings. The van der Waals surface area contributed by atoms with Gasteiger partial charge in [-0.05, 0) is 12.0 Å². The second kappa shape index (κ2) is 14.1. The van der Waals surface area contributed by atoms with Crippen molar-refractivity contribution in [3.05, 3.63) is 35.9 Å². The van der Waals surface area contributed by atoms with Crippen LogP contribution < -0.4 is 0 Å². The molecular weight excluding hydrogens is 252 g/mol. The number of carbonyl (C=O) groups excluding carboxylic acids is 1. The summed E-state index contributed by atoms with van der Waals surface area (Å²) in [5.41, 5.74) is 1.02. The molecule has 0 radical (unpaired) electrons. The smallest absolute Gasteiger partial charge is 0.302 e. The van der Waals surface area contributed by atoms with Crippen molar-refractivity contribution in [3.8, 4) is 0 Å². The van der Waals surface area contributed by atoms with Crippen LogP contribution >= 0.6 is 0 Å². The zero-order chi connectivity index (χ0) is 15.1. The van der Waals surface area contributed by atoms with E-state index < -0.39 is 0 Å². The number of hydrogen-bond donors (Lipinski definition) is 1. The molecule has 0 aliphatic heterocycles. The minimum atomic E-state index is -0.242. The molecule has 20 heavy (non-hydrogen) atoms. The lowest BCUT2D eigenvalue weighted by molar-refractivity contribution is -0.142. The lowest BCUT2D eigenvalue weighted by atomic mass is 10.1. The van der Waals surface area contributed by atoms with Gasteiger partial charge in [-0.1, -0.05) is 69.4 Å². The molecule has 0 unspecified atom stereocenters. The molecule has 1 rings (SSSR count). The molecular formula is C17H28O3. The van der Waals surface area contributed by atoms with E-state index in [1.54, 1.807) is 0 Å². The second-order valence-electron chi connectivity index (χ2n) is 4.76. The molecule has 3 nitrogen and oxygen atoms in total. The third kappa shape index (κ3) is 13.1. The van der Waals surface area contributed by atoms with E-state index in [1.165, 1.54) is 39.0 Å². The number of aliphatic hydroxyl groups is 1. The topological polar surface area (TPSA) is 46.5 Å². The highest BCUT2D eigenvalue weighted by atomic mass is 16.5. The van der Waals surface area contributed by atoms with Crippen molar-refractivity contribution in [3.63, 3.8) is 0 Å². The number of rotatable bonds is 8. The number of carbonyl (C=O) groups is 1. The third-order valence-corrected chi connectivity index (χ3v) is 2.80. The average Bonchev–Trinajstić information content (AvgIpc) is 2.47. The SMILES string of the molecule is CC(=O)OCc1ccccc1.CCCCCCCCO. The molecule has 0 aromatic heterocycles. The summed E-state index contributed by atoms with van der Waals surface area (Å²) < 4.78 is 4.79. The first-order valence-electron chi connectivity index (χ1n) is 7.48. The zero-order valence-electron chi connectivity index (χ0n) is 12.8. The maximum Gasteiger partial charge on any atom is 0.302 e. The van der Waals surface area contributed by atoms with E-state index in [0.29, 0.717) is 13.2 Å². The fraction of sp³-hybridized carbons (Fsp3) is 0.588. The van der Waals surface area contributed by atoms with Crippen LogP contribution in [-0.2, 0) is 16.1 Å². The first-order valence-corrected chi connectivity index (χ1v) is 7.48. The Morgan fingerprint density at radius 1 is 1.05 bits per heavy atom. The number of benzene rings is 1. The van der Waals surface area contributed by atoms with Gasteiger partial charge in [-0.2, -0.15) is 0 Å². The predicted octanol–water partition coefficient (Wildman–Crippen LogP) is 4.09. The summed E-state index contributed by atoms with van der Waals surface area (Å²) in [6.45, 7) is 4.36. The number of unbranched alkanes of at least 4 members (excludes halogenated alkanes) is 5. The molecule has 0 atom stereocenters. The molecule has 114 valence electrons. The Hall–Kier alpha value is -1.35. The van der Waals surface area contributed by atoms with Gasteiger partial charge >= 0.3 is 5.97 Å². The van der Waals surface area contributed by atoms with E-state index in [2.05, 4.69) is 6.92 Å². The molecule has 1 aromatic carbocycles. The standard InChI is InChI=1S/C9H10O2.C8H18O/c1-8(10)11-7-9-5-3-2-4-6-9;1-2-3-4-5-6-7-8-9/h2-6H,7H2,1H3;9H,2-8H2,1H3. The quantitative estimate of drug-likeness (QED) is 0.576. The summed E-state index contributed by atoms with van der Waals surface area (Å²) in [7, 11) is 0. The molecule has 3 heteroatoms. The van der Waals surface area contributed by atoms with Crippen molar-refractivity contribution in [1.29, 1.82) is 0 Å². The Balaban J connectivity index is 0.000000370. The Morgan fingerprint density at radius 3 is 2.20 bits per heavy atom. The van der Waals surface area contributed by atoms with E-state index in [-0.39, 0.29) is 5.97 Å². The summed E-state index contributed by atoms with van der Waals surface area (Å²) in [6, 6.07) is 9.60. The Morgan fingerprint density at radius 2 is 1.65 bits per heavy atom. The van der Waals surface area contributed by atoms with Crippen molar-refractivity contribution in [2.24, 2.45) is 0 Å². The van der Waals surface area contributed by atoms with E-state index >= 15 is 0 Å². The van der Waals surface area contributed by atoms with E-state index in [0.717, 1.165) is 12.0 Å². The van der Waals surface area contributed by atoms with Crippen molar-refractivity contribution in [1.82, 2.24) is 0 Å². The summed E-state index contributed by atoms with van der Waals surface area (Å²) in [4.78, 5) is 10.4. The molecule has 0 saturated heterocycles. The van der Waals surface area contributed by atoms with Crippen LogP contribution in [-0.4, -0.2) is 17.7 Å². The van der Waals surface area contributed by atoms with Gasteiger partial charge in [-0.25, -0.2) is 0 Å². The number of ether oxygens (including phenoxy) is 1. The van der Waals surface area contributed by atoms with Crippen LogP contribution in [0.3, 0.4) is 0 Å². The summed E-state index contributed by atoms with van der Waals surface area (Å²) >= 11 is 0. The predicted molar refractivity (Wildman–Crippen MR) is 82.4 cm³/mol. The van der Waals surface area contributed by atoms with Crippen LogP contribution in [0.15, 0.2) is 30.3 Å². The maximum absolute atomic E-state index is 10.4. The molecule has 0 heterocycles. The molecule has 0 fully saturated rings. The fourth-order valence-electron chi connectivity index (χ4n) is 1.65. The lowest BCUT2D eigenvalue weighted by Gasteiger charge is -1.99. The highest BCUT2D eigenvalue weighted by Crippen LogP contribution is 2.03. The summed E-state index contributed by atoms with van der Waals surface area (Å²) in [6.07, 6.45) is 7.50. The first kappa shape index (κ1) is 18.7. The van der Waals surface area contributed by atoms with Gasteiger partial charge in [-0.3, -0.25) is 4.79 Å².